The van der Waals surface area contributed by atoms with Crippen molar-refractivity contribution in [2.24, 2.45) is 5.73 Å². The maximum atomic E-state index is 10.1. The first-order valence-corrected chi connectivity index (χ1v) is 4.48. The van der Waals surface area contributed by atoms with Crippen molar-refractivity contribution in [3.8, 4) is 0 Å². The molecule has 0 rings (SSSR count). The van der Waals surface area contributed by atoms with Gasteiger partial charge in [-0.3, -0.25) is 0 Å². The Labute approximate surface area is 78.6 Å². The molecular weight excluding hydrogens is 172 g/mol. The average molecular weight is 190 g/mol. The van der Waals surface area contributed by atoms with Crippen LogP contribution in [0.5, 0.6) is 0 Å². The Morgan fingerprint density at radius 3 is 2.77 bits per heavy atom. The molecule has 0 heterocycles. The fourth-order valence-electron chi connectivity index (χ4n) is 0.792. The highest BCUT2D eigenvalue weighted by molar-refractivity contribution is 5.64. The standard InChI is InChI=1S/C8H18N2O3/c1-2-12-6-3-4-10-5-7-13-8(9)11/h10H,2-7H2,1H3,(H2,9,11). The van der Waals surface area contributed by atoms with E-state index in [9.17, 15) is 4.79 Å². The molecule has 0 aromatic rings. The van der Waals surface area contributed by atoms with Gasteiger partial charge in [-0.25, -0.2) is 4.79 Å². The van der Waals surface area contributed by atoms with E-state index in [1.54, 1.807) is 0 Å². The quantitative estimate of drug-likeness (QED) is 0.532. The molecule has 0 bridgehead atoms. The van der Waals surface area contributed by atoms with E-state index in [0.29, 0.717) is 13.2 Å². The summed E-state index contributed by atoms with van der Waals surface area (Å²) in [4.78, 5) is 10.1. The first-order chi connectivity index (χ1) is 6.27. The van der Waals surface area contributed by atoms with Crippen molar-refractivity contribution >= 4 is 6.09 Å². The second-order valence-electron chi connectivity index (χ2n) is 2.47. The zero-order chi connectivity index (χ0) is 9.94. The normalized spacial score (nSPS) is 9.92. The summed E-state index contributed by atoms with van der Waals surface area (Å²) in [6, 6.07) is 0. The van der Waals surface area contributed by atoms with E-state index in [2.05, 4.69) is 10.1 Å². The van der Waals surface area contributed by atoms with Crippen LogP contribution in [0.3, 0.4) is 0 Å². The molecule has 78 valence electrons. The van der Waals surface area contributed by atoms with E-state index in [1.807, 2.05) is 6.92 Å². The Morgan fingerprint density at radius 2 is 2.15 bits per heavy atom. The highest BCUT2D eigenvalue weighted by Gasteiger charge is 1.92. The molecule has 0 fully saturated rings. The number of carbonyl (C=O) groups is 1. The number of primary amides is 1. The summed E-state index contributed by atoms with van der Waals surface area (Å²) in [7, 11) is 0. The van der Waals surface area contributed by atoms with E-state index in [-0.39, 0.29) is 0 Å². The van der Waals surface area contributed by atoms with Crippen LogP contribution in [0, 0.1) is 0 Å². The predicted molar refractivity (Wildman–Crippen MR) is 49.5 cm³/mol. The van der Waals surface area contributed by atoms with Gasteiger partial charge in [0.15, 0.2) is 0 Å². The molecule has 0 aliphatic heterocycles. The number of carbonyl (C=O) groups excluding carboxylic acids is 1. The largest absolute Gasteiger partial charge is 0.448 e. The number of rotatable bonds is 8. The van der Waals surface area contributed by atoms with Crippen LogP contribution in [0.15, 0.2) is 0 Å². The average Bonchev–Trinajstić information content (AvgIpc) is 2.09. The van der Waals surface area contributed by atoms with Crippen molar-refractivity contribution in [1.29, 1.82) is 0 Å². The van der Waals surface area contributed by atoms with Crippen LogP contribution in [0.4, 0.5) is 4.79 Å². The lowest BCUT2D eigenvalue weighted by Crippen LogP contribution is -2.24. The van der Waals surface area contributed by atoms with Crippen LogP contribution in [0.1, 0.15) is 13.3 Å². The summed E-state index contributed by atoms with van der Waals surface area (Å²) in [6.07, 6.45) is 0.237. The molecule has 0 unspecified atom stereocenters. The highest BCUT2D eigenvalue weighted by atomic mass is 16.5. The molecule has 5 heteroatoms. The lowest BCUT2D eigenvalue weighted by molar-refractivity contribution is 0.142. The number of nitrogens with two attached hydrogens (primary N) is 1. The Morgan fingerprint density at radius 1 is 1.38 bits per heavy atom. The van der Waals surface area contributed by atoms with E-state index in [1.165, 1.54) is 0 Å². The number of ether oxygens (including phenoxy) is 2. The number of amides is 1. The molecular formula is C8H18N2O3. The SMILES string of the molecule is CCOCCCNCCOC(N)=O. The second-order valence-corrected chi connectivity index (χ2v) is 2.47. The molecule has 0 aliphatic carbocycles. The molecule has 13 heavy (non-hydrogen) atoms. The fraction of sp³-hybridized carbons (Fsp3) is 0.875. The van der Waals surface area contributed by atoms with Crippen LogP contribution in [0.2, 0.25) is 0 Å². The zero-order valence-corrected chi connectivity index (χ0v) is 8.04. The second kappa shape index (κ2) is 9.28. The lowest BCUT2D eigenvalue weighted by Gasteiger charge is -2.04. The minimum atomic E-state index is -0.726. The van der Waals surface area contributed by atoms with Crippen molar-refractivity contribution in [2.45, 2.75) is 13.3 Å². The minimum Gasteiger partial charge on any atom is -0.448 e. The van der Waals surface area contributed by atoms with Gasteiger partial charge in [-0.2, -0.15) is 0 Å². The number of hydrogen-bond acceptors (Lipinski definition) is 4. The highest BCUT2D eigenvalue weighted by Crippen LogP contribution is 1.79. The predicted octanol–water partition coefficient (Wildman–Crippen LogP) is 0.0979. The smallest absolute Gasteiger partial charge is 0.404 e. The lowest BCUT2D eigenvalue weighted by atomic mass is 10.4. The van der Waals surface area contributed by atoms with Gasteiger partial charge in [0.1, 0.15) is 6.61 Å². The summed E-state index contributed by atoms with van der Waals surface area (Å²) in [5, 5.41) is 3.09. The Balaban J connectivity index is 2.87. The Kier molecular flexibility index (Phi) is 8.70. The van der Waals surface area contributed by atoms with E-state index < -0.39 is 6.09 Å². The minimum absolute atomic E-state index is 0.323. The molecule has 3 N–H and O–H groups in total. The molecule has 1 amide bonds. The zero-order valence-electron chi connectivity index (χ0n) is 8.04. The number of nitrogens with one attached hydrogen (secondary N) is 1. The summed E-state index contributed by atoms with van der Waals surface area (Å²) >= 11 is 0. The molecule has 5 nitrogen and oxygen atoms in total. The van der Waals surface area contributed by atoms with E-state index >= 15 is 0 Å². The first kappa shape index (κ1) is 12.2. The summed E-state index contributed by atoms with van der Waals surface area (Å²) < 4.78 is 9.65. The molecule has 0 radical (unpaired) electrons. The van der Waals surface area contributed by atoms with Gasteiger partial charge in [-0.1, -0.05) is 0 Å². The molecule has 0 spiro atoms. The summed E-state index contributed by atoms with van der Waals surface area (Å²) in [6.45, 7) is 5.31. The maximum Gasteiger partial charge on any atom is 0.404 e. The topological polar surface area (TPSA) is 73.6 Å². The van der Waals surface area contributed by atoms with E-state index in [0.717, 1.165) is 26.2 Å². The van der Waals surface area contributed by atoms with Crippen LogP contribution < -0.4 is 11.1 Å². The molecule has 0 atom stereocenters. The Bertz CT molecular complexity index is 131. The van der Waals surface area contributed by atoms with Gasteiger partial charge in [-0.05, 0) is 19.9 Å². The van der Waals surface area contributed by atoms with Gasteiger partial charge in [0.25, 0.3) is 0 Å². The van der Waals surface area contributed by atoms with Crippen molar-refractivity contribution < 1.29 is 14.3 Å². The van der Waals surface area contributed by atoms with Gasteiger partial charge in [0.05, 0.1) is 0 Å². The molecule has 0 saturated heterocycles. The van der Waals surface area contributed by atoms with Gasteiger partial charge in [0, 0.05) is 19.8 Å². The van der Waals surface area contributed by atoms with E-state index in [4.69, 9.17) is 10.5 Å². The summed E-state index contributed by atoms with van der Waals surface area (Å²) in [5.41, 5.74) is 4.76. The van der Waals surface area contributed by atoms with Crippen molar-refractivity contribution in [3.63, 3.8) is 0 Å². The summed E-state index contributed by atoms with van der Waals surface area (Å²) in [5.74, 6) is 0. The van der Waals surface area contributed by atoms with Crippen LogP contribution in [0.25, 0.3) is 0 Å². The monoisotopic (exact) mass is 190 g/mol. The molecule has 0 aromatic carbocycles. The van der Waals surface area contributed by atoms with Gasteiger partial charge >= 0.3 is 6.09 Å². The first-order valence-electron chi connectivity index (χ1n) is 4.48. The van der Waals surface area contributed by atoms with Crippen molar-refractivity contribution in [2.75, 3.05) is 32.9 Å². The Hall–Kier alpha value is -0.810. The van der Waals surface area contributed by atoms with Crippen molar-refractivity contribution in [1.82, 2.24) is 5.32 Å². The van der Waals surface area contributed by atoms with Gasteiger partial charge < -0.3 is 20.5 Å². The van der Waals surface area contributed by atoms with Crippen LogP contribution >= 0.6 is 0 Å². The third-order valence-electron chi connectivity index (χ3n) is 1.37. The third kappa shape index (κ3) is 11.2. The van der Waals surface area contributed by atoms with Crippen LogP contribution in [-0.4, -0.2) is 39.0 Å². The molecule has 0 aliphatic rings. The third-order valence-corrected chi connectivity index (χ3v) is 1.37. The van der Waals surface area contributed by atoms with Crippen LogP contribution in [-0.2, 0) is 9.47 Å². The van der Waals surface area contributed by atoms with Gasteiger partial charge in [0.2, 0.25) is 0 Å². The fourth-order valence-corrected chi connectivity index (χ4v) is 0.792. The van der Waals surface area contributed by atoms with Crippen molar-refractivity contribution in [3.05, 3.63) is 0 Å². The maximum absolute atomic E-state index is 10.1. The van der Waals surface area contributed by atoms with Gasteiger partial charge in [-0.15, -0.1) is 0 Å². The molecule has 0 aromatic heterocycles. The molecule has 0 saturated carbocycles. The number of hydrogen-bond donors (Lipinski definition) is 2.